The fourth-order valence-electron chi connectivity index (χ4n) is 9.00. The summed E-state index contributed by atoms with van der Waals surface area (Å²) in [6.07, 6.45) is 19.1. The molecule has 0 bridgehead atoms. The molecular weight excluding hydrogens is 1160 g/mol. The third-order valence-corrected chi connectivity index (χ3v) is 48.0. The van der Waals surface area contributed by atoms with Crippen LogP contribution in [0.2, 0.25) is 93.4 Å². The second kappa shape index (κ2) is 29.0. The van der Waals surface area contributed by atoms with Gasteiger partial charge in [-0.3, -0.25) is 4.79 Å². The van der Waals surface area contributed by atoms with E-state index < -0.39 is 62.8 Å². The van der Waals surface area contributed by atoms with E-state index in [0.717, 1.165) is 16.0 Å². The van der Waals surface area contributed by atoms with Gasteiger partial charge < -0.3 is 9.67 Å². The predicted octanol–water partition coefficient (Wildman–Crippen LogP) is 18.2. The second-order valence-electron chi connectivity index (χ2n) is 28.0. The molecule has 0 aromatic rings. The van der Waals surface area contributed by atoms with E-state index in [2.05, 4.69) is 224 Å². The van der Waals surface area contributed by atoms with Crippen molar-refractivity contribution in [1.29, 1.82) is 0 Å². The first-order valence-corrected chi connectivity index (χ1v) is 49.4. The number of amides is 1. The molecule has 1 N–H and O–H groups in total. The molecule has 1 aliphatic rings. The molecule has 13 heteroatoms. The van der Waals surface area contributed by atoms with Gasteiger partial charge in [-0.25, -0.2) is 0 Å². The molecule has 71 heavy (non-hydrogen) atoms. The molecule has 1 heterocycles. The van der Waals surface area contributed by atoms with Gasteiger partial charge >= 0.3 is 241 Å². The Bertz CT molecular complexity index is 1710. The second-order valence-corrected chi connectivity index (χ2v) is 62.9. The first-order valence-electron chi connectivity index (χ1n) is 28.1. The van der Waals surface area contributed by atoms with Crippen molar-refractivity contribution in [3.8, 4) is 0 Å². The molecule has 1 fully saturated rings. The summed E-state index contributed by atoms with van der Waals surface area (Å²) in [5, 5.41) is 12.8. The van der Waals surface area contributed by atoms with E-state index in [1.54, 1.807) is 0 Å². The zero-order chi connectivity index (χ0) is 55.2. The number of rotatable bonds is 32. The van der Waals surface area contributed by atoms with Crippen molar-refractivity contribution < 1.29 is 28.2 Å². The summed E-state index contributed by atoms with van der Waals surface area (Å²) in [6.45, 7) is 58.0. The van der Waals surface area contributed by atoms with Crippen LogP contribution in [0.15, 0.2) is 43.6 Å². The average molecular weight is 1280 g/mol. The van der Waals surface area contributed by atoms with Crippen molar-refractivity contribution in [3.63, 3.8) is 0 Å². The van der Waals surface area contributed by atoms with Crippen LogP contribution in [0.25, 0.3) is 0 Å². The topological polar surface area (TPSA) is 77.5 Å². The Hall–Kier alpha value is 0.626. The van der Waals surface area contributed by atoms with Crippen LogP contribution in [-0.2, 0) is 23.1 Å². The van der Waals surface area contributed by atoms with Crippen LogP contribution < -0.4 is 0 Å². The quantitative estimate of drug-likeness (QED) is 0.0181. The third kappa shape index (κ3) is 21.1. The van der Waals surface area contributed by atoms with Crippen molar-refractivity contribution in [3.05, 3.63) is 43.6 Å². The molecule has 1 amide bonds. The molecule has 416 valence electrons. The number of carbonyl (C=O) groups excluding carboxylic acids is 1. The Morgan fingerprint density at radius 2 is 1.28 bits per heavy atom. The molecule has 1 saturated heterocycles. The number of carbonyl (C=O) groups is 1. The first kappa shape index (κ1) is 69.6. The summed E-state index contributed by atoms with van der Waals surface area (Å²) in [6, 6.07) is 0.860. The summed E-state index contributed by atoms with van der Waals surface area (Å²) >= 11 is -0.200. The molecule has 1 aliphatic heterocycles. The number of aliphatic hydroxyl groups is 1. The van der Waals surface area contributed by atoms with E-state index in [1.807, 2.05) is 6.92 Å². The van der Waals surface area contributed by atoms with Gasteiger partial charge in [-0.15, -0.1) is 0 Å². The van der Waals surface area contributed by atoms with Crippen molar-refractivity contribution in [2.45, 2.75) is 286 Å². The number of allylic oxidation sites excluding steroid dienone is 3. The monoisotopic (exact) mass is 1280 g/mol. The Kier molecular flexibility index (Phi) is 28.5. The van der Waals surface area contributed by atoms with Gasteiger partial charge in [-0.05, 0) is 69.2 Å². The fraction of sp³-hybridized carbons (Fsp3) is 0.845. The maximum absolute atomic E-state index is 14.8. The molecule has 0 unspecified atom stereocenters. The van der Waals surface area contributed by atoms with Crippen molar-refractivity contribution in [2.75, 3.05) is 13.4 Å². The van der Waals surface area contributed by atoms with Crippen LogP contribution in [0.5, 0.6) is 0 Å². The van der Waals surface area contributed by atoms with Crippen LogP contribution in [0, 0.1) is 11.3 Å². The number of β-lactam (4-membered cyclic amide) rings is 1. The normalized spacial score (nSPS) is 21.0. The van der Waals surface area contributed by atoms with Crippen molar-refractivity contribution in [1.82, 2.24) is 4.57 Å². The fourth-order valence-corrected chi connectivity index (χ4v) is 29.7. The molecule has 0 radical (unpaired) electrons. The zero-order valence-electron chi connectivity index (χ0n) is 51.1. The minimum absolute atomic E-state index is 0.0366. The number of hydrogen-bond donors (Lipinski definition) is 1. The van der Waals surface area contributed by atoms with Gasteiger partial charge in [0.15, 0.2) is 16.6 Å². The number of halogens is 1. The van der Waals surface area contributed by atoms with Crippen LogP contribution in [0.3, 0.4) is 0 Å². The van der Waals surface area contributed by atoms with Crippen LogP contribution in [0.1, 0.15) is 162 Å². The van der Waals surface area contributed by atoms with Gasteiger partial charge in [-0.1, -0.05) is 87.3 Å². The summed E-state index contributed by atoms with van der Waals surface area (Å²) in [5.41, 5.74) is 0.176. The van der Waals surface area contributed by atoms with Gasteiger partial charge in [0, 0.05) is 14.7 Å². The van der Waals surface area contributed by atoms with E-state index in [9.17, 15) is 9.90 Å². The molecule has 1 rings (SSSR count). The van der Waals surface area contributed by atoms with E-state index in [4.69, 9.17) is 18.3 Å². The first-order chi connectivity index (χ1) is 32.2. The summed E-state index contributed by atoms with van der Waals surface area (Å²) in [4.78, 5) is 14.8. The SMILES string of the molecule is CCC[CH2][Sn](/[CH]=C/[C@H](C/C=C(C)/C=C/[C@H](C[C@@H](O[Si](C)(C)C(C)(C)C)[C@H](C)[C@H](O)[C@@]1(C)C(=O)N([Si](C)(C)C(C)(C)C)[C@@H]1/C=C(\C)I)OCOCC[Si](C)(C)C)O[Si](C)(C)C(C)(C)C)([CH2]CCC)[CH2]CCC. The van der Waals surface area contributed by atoms with Gasteiger partial charge in [0.25, 0.3) is 0 Å². The Morgan fingerprint density at radius 1 is 0.789 bits per heavy atom. The molecule has 7 atom stereocenters. The van der Waals surface area contributed by atoms with Gasteiger partial charge in [0.05, 0.1) is 17.6 Å². The van der Waals surface area contributed by atoms with Crippen LogP contribution >= 0.6 is 22.6 Å². The predicted molar refractivity (Wildman–Crippen MR) is 333 cm³/mol. The zero-order valence-corrected chi connectivity index (χ0v) is 60.2. The minimum atomic E-state index is -2.56. The van der Waals surface area contributed by atoms with E-state index in [-0.39, 0.29) is 58.1 Å². The Labute approximate surface area is 463 Å². The summed E-state index contributed by atoms with van der Waals surface area (Å²) in [5.74, 6) is -0.307. The summed E-state index contributed by atoms with van der Waals surface area (Å²) < 4.78 is 38.1. The average Bonchev–Trinajstić information content (AvgIpc) is 3.23. The molecule has 7 nitrogen and oxygen atoms in total. The molecule has 0 spiro atoms. The molecule has 0 aliphatic carbocycles. The molecule has 0 saturated carbocycles. The van der Waals surface area contributed by atoms with E-state index in [0.29, 0.717) is 13.0 Å². The van der Waals surface area contributed by atoms with Crippen LogP contribution in [-0.4, -0.2) is 111 Å². The Morgan fingerprint density at radius 3 is 1.72 bits per heavy atom. The number of ether oxygens (including phenoxy) is 2. The molecule has 0 aromatic heterocycles. The number of unbranched alkanes of at least 4 members (excludes halogenated alkanes) is 3. The van der Waals surface area contributed by atoms with Gasteiger partial charge in [0.2, 0.25) is 5.91 Å². The van der Waals surface area contributed by atoms with Crippen LogP contribution in [0.4, 0.5) is 0 Å². The number of nitrogens with zero attached hydrogens (tertiary/aromatic N) is 1. The van der Waals surface area contributed by atoms with Gasteiger partial charge in [-0.2, -0.15) is 0 Å². The Balaban J connectivity index is 3.92. The number of hydrogen-bond acceptors (Lipinski definition) is 6. The maximum atomic E-state index is 14.8. The van der Waals surface area contributed by atoms with Crippen molar-refractivity contribution in [2.24, 2.45) is 11.3 Å². The molecular formula is C58H116INO6Si4Sn. The third-order valence-electron chi connectivity index (χ3n) is 17.4. The van der Waals surface area contributed by atoms with E-state index in [1.165, 1.54) is 57.4 Å². The number of aliphatic hydroxyl groups excluding tert-OH is 1. The standard InChI is InChI=1S/C46H89INO6Si4.3C4H9.Sn/c1-24-37(53-57(20,21)44(8,9)10)27-25-34(2)26-28-38(52-33-51-29-30-55(15,16)17)32-39(54-58(22,23)45(11,12)13)36(4)41(49)46(14)40(31-35(3)47)48(42(46)50)56(18,19)43(5,6)7;3*1-3-4-2;/h1,24-26,28,31,36-41,49H,27,29-30,32-33H2,2-23H3;3*1,3-4H2,2H3;/b24-1?,28-26+,34-25+,35-31+;;;;/t36-,37+,38+,39+,40+,41-,46-;;;;/m0..../s1. The molecule has 0 aromatic carbocycles. The van der Waals surface area contributed by atoms with Gasteiger partial charge in [0.1, 0.15) is 0 Å². The summed E-state index contributed by atoms with van der Waals surface area (Å²) in [7, 11) is -8.02. The van der Waals surface area contributed by atoms with Crippen molar-refractivity contribution >= 4 is 79.8 Å². The van der Waals surface area contributed by atoms with E-state index >= 15 is 0 Å².